The molecule has 0 heterocycles. The number of ether oxygens (including phenoxy) is 1. The van der Waals surface area contributed by atoms with E-state index in [4.69, 9.17) is 4.74 Å². The Balaban J connectivity index is 2.53. The summed E-state index contributed by atoms with van der Waals surface area (Å²) < 4.78 is 18.3. The largest absolute Gasteiger partial charge is 0.380 e. The van der Waals surface area contributed by atoms with Crippen molar-refractivity contribution in [1.82, 2.24) is 0 Å². The quantitative estimate of drug-likeness (QED) is 0.665. The lowest BCUT2D eigenvalue weighted by Gasteiger charge is -2.17. The number of nitrogens with zero attached hydrogens (tertiary/aromatic N) is 1. The summed E-state index contributed by atoms with van der Waals surface area (Å²) in [6.07, 6.45) is -0.106. The van der Waals surface area contributed by atoms with E-state index in [9.17, 15) is 4.48 Å². The lowest BCUT2D eigenvalue weighted by Crippen LogP contribution is -2.24. The van der Waals surface area contributed by atoms with Crippen LogP contribution >= 0.6 is 0 Å². The minimum atomic E-state index is -0.106. The van der Waals surface area contributed by atoms with Gasteiger partial charge >= 0.3 is 0 Å². The average Bonchev–Trinajstić information content (AvgIpc) is 2.19. The van der Waals surface area contributed by atoms with Crippen LogP contribution < -0.4 is 5.12 Å². The summed E-state index contributed by atoms with van der Waals surface area (Å²) in [4.78, 5) is 0. The van der Waals surface area contributed by atoms with Crippen molar-refractivity contribution in [2.45, 2.75) is 13.0 Å². The Morgan fingerprint density at radius 3 is 2.54 bits per heavy atom. The molecule has 0 saturated carbocycles. The fourth-order valence-electron chi connectivity index (χ4n) is 0.995. The Kier molecular flexibility index (Phi) is 3.71. The highest BCUT2D eigenvalue weighted by Gasteiger charge is 2.08. The van der Waals surface area contributed by atoms with Gasteiger partial charge in [-0.15, -0.1) is 0 Å². The summed E-state index contributed by atoms with van der Waals surface area (Å²) >= 11 is 0. The molecule has 13 heavy (non-hydrogen) atoms. The second kappa shape index (κ2) is 4.82. The van der Waals surface area contributed by atoms with Gasteiger partial charge in [0.05, 0.1) is 18.3 Å². The van der Waals surface area contributed by atoms with Gasteiger partial charge in [0.2, 0.25) is 0 Å². The highest BCUT2D eigenvalue weighted by Crippen LogP contribution is 2.13. The third-order valence-electron chi connectivity index (χ3n) is 1.86. The molecule has 1 aromatic carbocycles. The van der Waals surface area contributed by atoms with Crippen LogP contribution in [-0.4, -0.2) is 19.8 Å². The summed E-state index contributed by atoms with van der Waals surface area (Å²) in [6, 6.07) is 8.92. The van der Waals surface area contributed by atoms with E-state index in [0.29, 0.717) is 10.8 Å². The van der Waals surface area contributed by atoms with Gasteiger partial charge in [-0.2, -0.15) is 0 Å². The zero-order chi connectivity index (χ0) is 9.68. The number of para-hydroxylation sites is 1. The fourth-order valence-corrected chi connectivity index (χ4v) is 0.995. The molecule has 1 unspecified atom stereocenters. The van der Waals surface area contributed by atoms with Crippen molar-refractivity contribution in [1.29, 1.82) is 0 Å². The van der Waals surface area contributed by atoms with Crippen molar-refractivity contribution < 1.29 is 9.22 Å². The van der Waals surface area contributed by atoms with E-state index in [1.165, 1.54) is 0 Å². The molecule has 0 saturated heterocycles. The van der Waals surface area contributed by atoms with Crippen molar-refractivity contribution in [2.75, 3.05) is 18.8 Å². The molecule has 0 aliphatic heterocycles. The van der Waals surface area contributed by atoms with Crippen LogP contribution in [0.4, 0.5) is 10.2 Å². The van der Waals surface area contributed by atoms with Crippen LogP contribution in [0.25, 0.3) is 0 Å². The van der Waals surface area contributed by atoms with Crippen molar-refractivity contribution >= 4 is 5.69 Å². The van der Waals surface area contributed by atoms with Gasteiger partial charge in [-0.25, -0.2) is 5.12 Å². The minimum absolute atomic E-state index is 0.106. The first-order chi connectivity index (χ1) is 6.24. The van der Waals surface area contributed by atoms with E-state index in [1.54, 1.807) is 31.4 Å². The van der Waals surface area contributed by atoms with E-state index < -0.39 is 0 Å². The first-order valence-corrected chi connectivity index (χ1v) is 4.25. The van der Waals surface area contributed by atoms with E-state index in [1.807, 2.05) is 13.0 Å². The van der Waals surface area contributed by atoms with Crippen LogP contribution in [0.15, 0.2) is 30.3 Å². The fraction of sp³-hybridized carbons (Fsp3) is 0.400. The minimum Gasteiger partial charge on any atom is -0.380 e. The molecule has 0 fully saturated rings. The second-order valence-electron chi connectivity index (χ2n) is 2.93. The number of anilines is 1. The lowest BCUT2D eigenvalue weighted by atomic mass is 10.3. The Morgan fingerprint density at radius 2 is 2.00 bits per heavy atom. The van der Waals surface area contributed by atoms with Gasteiger partial charge in [0, 0.05) is 7.11 Å². The van der Waals surface area contributed by atoms with Crippen molar-refractivity contribution in [3.8, 4) is 0 Å². The molecule has 0 N–H and O–H groups in total. The van der Waals surface area contributed by atoms with E-state index in [2.05, 4.69) is 0 Å². The average molecular weight is 183 g/mol. The number of hydrogen-bond donors (Lipinski definition) is 0. The smallest absolute Gasteiger partial charge is 0.0765 e. The molecule has 0 bridgehead atoms. The Bertz CT molecular complexity index is 240. The lowest BCUT2D eigenvalue weighted by molar-refractivity contribution is 0.113. The van der Waals surface area contributed by atoms with Crippen LogP contribution in [0.1, 0.15) is 6.92 Å². The van der Waals surface area contributed by atoms with Crippen LogP contribution in [0.3, 0.4) is 0 Å². The van der Waals surface area contributed by atoms with E-state index in [-0.39, 0.29) is 12.6 Å². The predicted molar refractivity (Wildman–Crippen MR) is 51.4 cm³/mol. The van der Waals surface area contributed by atoms with Crippen molar-refractivity contribution in [2.24, 2.45) is 0 Å². The molecule has 0 amide bonds. The molecular weight excluding hydrogens is 169 g/mol. The normalized spacial score (nSPS) is 12.5. The first kappa shape index (κ1) is 9.99. The van der Waals surface area contributed by atoms with E-state index >= 15 is 0 Å². The number of halogens is 1. The summed E-state index contributed by atoms with van der Waals surface area (Å²) in [6.45, 7) is 2.08. The van der Waals surface area contributed by atoms with E-state index in [0.717, 1.165) is 0 Å². The van der Waals surface area contributed by atoms with Crippen LogP contribution in [0, 0.1) is 0 Å². The maximum absolute atomic E-state index is 13.3. The van der Waals surface area contributed by atoms with Gasteiger partial charge in [-0.05, 0) is 19.1 Å². The standard InChI is InChI=1S/C10H14FNO/c1-9(13-2)8-12(11)10-6-4-3-5-7-10/h3-7,9H,8H2,1-2H3. The topological polar surface area (TPSA) is 12.5 Å². The molecule has 1 aromatic rings. The van der Waals surface area contributed by atoms with Crippen molar-refractivity contribution in [3.63, 3.8) is 0 Å². The first-order valence-electron chi connectivity index (χ1n) is 4.25. The second-order valence-corrected chi connectivity index (χ2v) is 2.93. The summed E-state index contributed by atoms with van der Waals surface area (Å²) in [5.74, 6) is 0. The highest BCUT2D eigenvalue weighted by molar-refractivity contribution is 5.43. The van der Waals surface area contributed by atoms with Crippen LogP contribution in [0.2, 0.25) is 0 Å². The van der Waals surface area contributed by atoms with Gasteiger partial charge in [0.15, 0.2) is 0 Å². The highest BCUT2D eigenvalue weighted by atomic mass is 19.2. The summed E-state index contributed by atoms with van der Waals surface area (Å²) in [7, 11) is 1.57. The molecule has 2 nitrogen and oxygen atoms in total. The summed E-state index contributed by atoms with van der Waals surface area (Å²) in [5, 5.41) is 0.689. The monoisotopic (exact) mass is 183 g/mol. The molecule has 0 aliphatic rings. The number of methoxy groups -OCH3 is 1. The van der Waals surface area contributed by atoms with Gasteiger partial charge in [0.1, 0.15) is 0 Å². The van der Waals surface area contributed by atoms with Crippen LogP contribution in [0.5, 0.6) is 0 Å². The maximum atomic E-state index is 13.3. The zero-order valence-electron chi connectivity index (χ0n) is 7.90. The van der Waals surface area contributed by atoms with Crippen LogP contribution in [-0.2, 0) is 4.74 Å². The molecule has 0 aromatic heterocycles. The number of hydrogen-bond acceptors (Lipinski definition) is 2. The van der Waals surface area contributed by atoms with Gasteiger partial charge in [-0.3, -0.25) is 0 Å². The molecule has 1 atom stereocenters. The SMILES string of the molecule is COC(C)CN(F)c1ccccc1. The molecular formula is C10H14FNO. The molecule has 3 heteroatoms. The zero-order valence-corrected chi connectivity index (χ0v) is 7.90. The number of benzene rings is 1. The van der Waals surface area contributed by atoms with Gasteiger partial charge in [-0.1, -0.05) is 22.7 Å². The Morgan fingerprint density at radius 1 is 1.38 bits per heavy atom. The third kappa shape index (κ3) is 3.03. The molecule has 1 rings (SSSR count). The summed E-state index contributed by atoms with van der Waals surface area (Å²) in [5.41, 5.74) is 0.561. The number of rotatable bonds is 4. The third-order valence-corrected chi connectivity index (χ3v) is 1.86. The van der Waals surface area contributed by atoms with Crippen molar-refractivity contribution in [3.05, 3.63) is 30.3 Å². The maximum Gasteiger partial charge on any atom is 0.0765 e. The predicted octanol–water partition coefficient (Wildman–Crippen LogP) is 2.41. The Labute approximate surface area is 77.9 Å². The molecule has 0 spiro atoms. The molecule has 0 aliphatic carbocycles. The Hall–Kier alpha value is -1.09. The van der Waals surface area contributed by atoms with Gasteiger partial charge < -0.3 is 4.74 Å². The molecule has 0 radical (unpaired) electrons. The molecule has 72 valence electrons. The van der Waals surface area contributed by atoms with Gasteiger partial charge in [0.25, 0.3) is 0 Å².